The number of aromatic nitrogens is 1. The van der Waals surface area contributed by atoms with Crippen molar-refractivity contribution in [1.82, 2.24) is 10.3 Å². The van der Waals surface area contributed by atoms with Crippen molar-refractivity contribution < 1.29 is 4.79 Å². The van der Waals surface area contributed by atoms with Crippen molar-refractivity contribution in [1.29, 1.82) is 0 Å². The molecule has 0 bridgehead atoms. The number of carbonyl (C=O) groups is 1. The van der Waals surface area contributed by atoms with Gasteiger partial charge < -0.3 is 10.6 Å². The van der Waals surface area contributed by atoms with Crippen molar-refractivity contribution in [2.24, 2.45) is 0 Å². The first-order chi connectivity index (χ1) is 8.69. The molecule has 2 aromatic rings. The lowest BCUT2D eigenvalue weighted by atomic mass is 10.2. The van der Waals surface area contributed by atoms with E-state index >= 15 is 0 Å². The Morgan fingerprint density at radius 1 is 1.44 bits per heavy atom. The highest BCUT2D eigenvalue weighted by Gasteiger charge is 2.08. The normalized spacial score (nSPS) is 10.1. The molecule has 94 valence electrons. The van der Waals surface area contributed by atoms with Crippen LogP contribution in [0.5, 0.6) is 0 Å². The minimum Gasteiger partial charge on any atom is -0.373 e. The molecule has 0 aromatic carbocycles. The van der Waals surface area contributed by atoms with E-state index in [9.17, 15) is 4.79 Å². The first-order valence-corrected chi connectivity index (χ1v) is 6.54. The van der Waals surface area contributed by atoms with Crippen LogP contribution in [0.4, 0.5) is 5.82 Å². The van der Waals surface area contributed by atoms with Gasteiger partial charge in [0.1, 0.15) is 5.82 Å². The summed E-state index contributed by atoms with van der Waals surface area (Å²) in [6, 6.07) is 7.50. The second kappa shape index (κ2) is 5.64. The van der Waals surface area contributed by atoms with Crippen LogP contribution in [-0.4, -0.2) is 17.9 Å². The van der Waals surface area contributed by atoms with Crippen LogP contribution in [0.2, 0.25) is 0 Å². The molecule has 2 aromatic heterocycles. The van der Waals surface area contributed by atoms with Crippen LogP contribution < -0.4 is 10.6 Å². The summed E-state index contributed by atoms with van der Waals surface area (Å²) in [6.07, 6.45) is 0. The number of carbonyl (C=O) groups excluding carboxylic acids is 1. The largest absolute Gasteiger partial charge is 0.373 e. The van der Waals surface area contributed by atoms with E-state index < -0.39 is 0 Å². The molecule has 0 saturated heterocycles. The Hall–Kier alpha value is -1.88. The fourth-order valence-electron chi connectivity index (χ4n) is 1.61. The molecular formula is C13H15N3OS. The van der Waals surface area contributed by atoms with E-state index in [1.54, 1.807) is 30.5 Å². The van der Waals surface area contributed by atoms with Crippen LogP contribution in [0.1, 0.15) is 20.9 Å². The summed E-state index contributed by atoms with van der Waals surface area (Å²) in [5, 5.41) is 7.84. The first-order valence-electron chi connectivity index (χ1n) is 5.66. The average Bonchev–Trinajstić information content (AvgIpc) is 2.88. The third-order valence-corrected chi connectivity index (χ3v) is 3.35. The minimum absolute atomic E-state index is 0.0783. The standard InChI is InChI=1S/C13H15N3OS/c1-9-6-10(7-12(14-2)16-9)13(17)15-8-11-4-3-5-18-11/h3-7H,8H2,1-2H3,(H,14,16)(H,15,17). The SMILES string of the molecule is CNc1cc(C(=O)NCc2cccs2)cc(C)n1. The summed E-state index contributed by atoms with van der Waals surface area (Å²) in [4.78, 5) is 17.4. The fourth-order valence-corrected chi connectivity index (χ4v) is 2.25. The molecule has 2 heterocycles. The Bertz CT molecular complexity index is 537. The molecule has 0 radical (unpaired) electrons. The molecule has 5 heteroatoms. The second-order valence-electron chi connectivity index (χ2n) is 3.89. The molecular weight excluding hydrogens is 246 g/mol. The highest BCUT2D eigenvalue weighted by Crippen LogP contribution is 2.11. The van der Waals surface area contributed by atoms with E-state index in [0.29, 0.717) is 17.9 Å². The van der Waals surface area contributed by atoms with Gasteiger partial charge in [0.15, 0.2) is 0 Å². The van der Waals surface area contributed by atoms with Crippen LogP contribution in [0.15, 0.2) is 29.6 Å². The van der Waals surface area contributed by atoms with Gasteiger partial charge in [-0.25, -0.2) is 4.98 Å². The maximum atomic E-state index is 12.0. The number of rotatable bonds is 4. The summed E-state index contributed by atoms with van der Waals surface area (Å²) in [6.45, 7) is 2.43. The first kappa shape index (κ1) is 12.6. The van der Waals surface area contributed by atoms with Crippen molar-refractivity contribution in [3.63, 3.8) is 0 Å². The van der Waals surface area contributed by atoms with Gasteiger partial charge in [-0.2, -0.15) is 0 Å². The van der Waals surface area contributed by atoms with E-state index in [1.807, 2.05) is 24.4 Å². The van der Waals surface area contributed by atoms with E-state index in [1.165, 1.54) is 0 Å². The summed E-state index contributed by atoms with van der Waals surface area (Å²) < 4.78 is 0. The summed E-state index contributed by atoms with van der Waals surface area (Å²) >= 11 is 1.63. The summed E-state index contributed by atoms with van der Waals surface area (Å²) in [5.41, 5.74) is 1.45. The highest BCUT2D eigenvalue weighted by molar-refractivity contribution is 7.09. The topological polar surface area (TPSA) is 54.0 Å². The zero-order valence-corrected chi connectivity index (χ0v) is 11.2. The second-order valence-corrected chi connectivity index (χ2v) is 4.93. The molecule has 0 unspecified atom stereocenters. The van der Waals surface area contributed by atoms with Gasteiger partial charge in [-0.1, -0.05) is 6.07 Å². The Labute approximate surface area is 110 Å². The van der Waals surface area contributed by atoms with E-state index in [4.69, 9.17) is 0 Å². The summed E-state index contributed by atoms with van der Waals surface area (Å²) in [7, 11) is 1.79. The lowest BCUT2D eigenvalue weighted by Crippen LogP contribution is -2.22. The number of nitrogens with one attached hydrogen (secondary N) is 2. The van der Waals surface area contributed by atoms with Crippen molar-refractivity contribution >= 4 is 23.1 Å². The van der Waals surface area contributed by atoms with Gasteiger partial charge in [-0.15, -0.1) is 11.3 Å². The molecule has 0 spiro atoms. The maximum Gasteiger partial charge on any atom is 0.251 e. The molecule has 0 atom stereocenters. The Kier molecular flexibility index (Phi) is 3.94. The van der Waals surface area contributed by atoms with E-state index in [0.717, 1.165) is 10.6 Å². The lowest BCUT2D eigenvalue weighted by molar-refractivity contribution is 0.0951. The van der Waals surface area contributed by atoms with Gasteiger partial charge in [-0.3, -0.25) is 4.79 Å². The molecule has 1 amide bonds. The monoisotopic (exact) mass is 261 g/mol. The van der Waals surface area contributed by atoms with Crippen molar-refractivity contribution in [3.05, 3.63) is 45.8 Å². The molecule has 0 aliphatic carbocycles. The number of hydrogen-bond donors (Lipinski definition) is 2. The zero-order chi connectivity index (χ0) is 13.0. The van der Waals surface area contributed by atoms with Crippen molar-refractivity contribution in [2.75, 3.05) is 12.4 Å². The van der Waals surface area contributed by atoms with Crippen LogP contribution in [0, 0.1) is 6.92 Å². The number of amides is 1. The van der Waals surface area contributed by atoms with Crippen molar-refractivity contribution in [3.8, 4) is 0 Å². The van der Waals surface area contributed by atoms with Gasteiger partial charge >= 0.3 is 0 Å². The lowest BCUT2D eigenvalue weighted by Gasteiger charge is -2.07. The van der Waals surface area contributed by atoms with Crippen LogP contribution in [0.3, 0.4) is 0 Å². The molecule has 18 heavy (non-hydrogen) atoms. The van der Waals surface area contributed by atoms with Gasteiger partial charge in [0.2, 0.25) is 0 Å². The van der Waals surface area contributed by atoms with Crippen LogP contribution >= 0.6 is 11.3 Å². The van der Waals surface area contributed by atoms with E-state index in [2.05, 4.69) is 15.6 Å². The number of thiophene rings is 1. The number of aryl methyl sites for hydroxylation is 1. The van der Waals surface area contributed by atoms with Crippen molar-refractivity contribution in [2.45, 2.75) is 13.5 Å². The van der Waals surface area contributed by atoms with Crippen LogP contribution in [0.25, 0.3) is 0 Å². The quantitative estimate of drug-likeness (QED) is 0.888. The predicted octanol–water partition coefficient (Wildman–Crippen LogP) is 2.42. The number of anilines is 1. The predicted molar refractivity (Wildman–Crippen MR) is 74.0 cm³/mol. The Balaban J connectivity index is 2.06. The highest BCUT2D eigenvalue weighted by atomic mass is 32.1. The Morgan fingerprint density at radius 2 is 2.28 bits per heavy atom. The molecule has 2 rings (SSSR count). The third-order valence-electron chi connectivity index (χ3n) is 2.48. The molecule has 4 nitrogen and oxygen atoms in total. The third kappa shape index (κ3) is 3.07. The molecule has 0 aliphatic rings. The van der Waals surface area contributed by atoms with Gasteiger partial charge in [0.25, 0.3) is 5.91 Å². The zero-order valence-electron chi connectivity index (χ0n) is 10.4. The van der Waals surface area contributed by atoms with Crippen LogP contribution in [-0.2, 0) is 6.54 Å². The average molecular weight is 261 g/mol. The van der Waals surface area contributed by atoms with Gasteiger partial charge in [0.05, 0.1) is 6.54 Å². The summed E-state index contributed by atoms with van der Waals surface area (Å²) in [5.74, 6) is 0.627. The number of nitrogens with zero attached hydrogens (tertiary/aromatic N) is 1. The molecule has 2 N–H and O–H groups in total. The van der Waals surface area contributed by atoms with E-state index in [-0.39, 0.29) is 5.91 Å². The number of hydrogen-bond acceptors (Lipinski definition) is 4. The molecule has 0 fully saturated rings. The maximum absolute atomic E-state index is 12.0. The fraction of sp³-hybridized carbons (Fsp3) is 0.231. The van der Waals surface area contributed by atoms with Gasteiger partial charge in [0, 0.05) is 23.2 Å². The molecule has 0 saturated carbocycles. The smallest absolute Gasteiger partial charge is 0.251 e. The van der Waals surface area contributed by atoms with Gasteiger partial charge in [-0.05, 0) is 30.5 Å². The number of pyridine rings is 1. The molecule has 0 aliphatic heterocycles. The minimum atomic E-state index is -0.0783. The Morgan fingerprint density at radius 3 is 2.94 bits per heavy atom.